The summed E-state index contributed by atoms with van der Waals surface area (Å²) in [6.45, 7) is 5.43. The van der Waals surface area contributed by atoms with Crippen molar-refractivity contribution in [2.24, 2.45) is 0 Å². The zero-order chi connectivity index (χ0) is 15.7. The molecule has 1 unspecified atom stereocenters. The Morgan fingerprint density at radius 2 is 2.05 bits per heavy atom. The van der Waals surface area contributed by atoms with Crippen LogP contribution in [0.3, 0.4) is 0 Å². The van der Waals surface area contributed by atoms with E-state index in [2.05, 4.69) is 12.2 Å². The van der Waals surface area contributed by atoms with Gasteiger partial charge in [-0.15, -0.1) is 0 Å². The molecule has 0 fully saturated rings. The highest BCUT2D eigenvalue weighted by molar-refractivity contribution is 7.91. The van der Waals surface area contributed by atoms with Gasteiger partial charge in [0.2, 0.25) is 0 Å². The van der Waals surface area contributed by atoms with E-state index in [1.807, 2.05) is 6.07 Å². The zero-order valence-corrected chi connectivity index (χ0v) is 13.8. The number of benzene rings is 1. The van der Waals surface area contributed by atoms with E-state index in [4.69, 9.17) is 0 Å². The third kappa shape index (κ3) is 7.05. The van der Waals surface area contributed by atoms with Gasteiger partial charge in [-0.05, 0) is 49.4 Å². The molecule has 5 heteroatoms. The first kappa shape index (κ1) is 18.1. The minimum Gasteiger partial charge on any atom is -0.316 e. The van der Waals surface area contributed by atoms with Crippen molar-refractivity contribution >= 4 is 9.84 Å². The van der Waals surface area contributed by atoms with Crippen molar-refractivity contribution in [1.82, 2.24) is 5.32 Å². The molecule has 1 rings (SSSR count). The summed E-state index contributed by atoms with van der Waals surface area (Å²) in [5.41, 5.74) is 0.937. The Labute approximate surface area is 127 Å². The fraction of sp³-hybridized carbons (Fsp3) is 0.625. The molecule has 3 nitrogen and oxygen atoms in total. The van der Waals surface area contributed by atoms with Crippen LogP contribution in [0.4, 0.5) is 4.39 Å². The second-order valence-electron chi connectivity index (χ2n) is 5.33. The van der Waals surface area contributed by atoms with Crippen LogP contribution in [0.1, 0.15) is 44.6 Å². The maximum absolute atomic E-state index is 13.4. The van der Waals surface area contributed by atoms with Crippen LogP contribution in [0.15, 0.2) is 24.3 Å². The topological polar surface area (TPSA) is 46.2 Å². The third-order valence-electron chi connectivity index (χ3n) is 3.59. The molecular formula is C16H26FNO2S. The van der Waals surface area contributed by atoms with E-state index in [-0.39, 0.29) is 23.2 Å². The number of sulfone groups is 1. The number of hydrogen-bond acceptors (Lipinski definition) is 3. The van der Waals surface area contributed by atoms with Crippen LogP contribution in [-0.4, -0.2) is 33.0 Å². The van der Waals surface area contributed by atoms with Crippen LogP contribution in [0.2, 0.25) is 0 Å². The fourth-order valence-corrected chi connectivity index (χ4v) is 3.19. The predicted octanol–water partition coefficient (Wildman–Crippen LogP) is 3.12. The molecule has 0 aromatic heterocycles. The number of nitrogens with one attached hydrogen (secondary N) is 1. The van der Waals surface area contributed by atoms with Crippen LogP contribution >= 0.6 is 0 Å². The lowest BCUT2D eigenvalue weighted by Crippen LogP contribution is -2.23. The molecule has 0 radical (unpaired) electrons. The molecule has 0 heterocycles. The summed E-state index contributed by atoms with van der Waals surface area (Å²) in [6, 6.07) is 6.60. The summed E-state index contributed by atoms with van der Waals surface area (Å²) in [6.07, 6.45) is 2.41. The Kier molecular flexibility index (Phi) is 7.89. The highest BCUT2D eigenvalue weighted by Crippen LogP contribution is 2.22. The molecule has 1 N–H and O–H groups in total. The van der Waals surface area contributed by atoms with Crippen LogP contribution in [0.5, 0.6) is 0 Å². The van der Waals surface area contributed by atoms with Crippen LogP contribution in [0.25, 0.3) is 0 Å². The first-order chi connectivity index (χ1) is 9.98. The summed E-state index contributed by atoms with van der Waals surface area (Å²) < 4.78 is 36.5. The van der Waals surface area contributed by atoms with Gasteiger partial charge in [0, 0.05) is 12.3 Å². The van der Waals surface area contributed by atoms with Crippen molar-refractivity contribution in [1.29, 1.82) is 0 Å². The van der Waals surface area contributed by atoms with E-state index < -0.39 is 9.84 Å². The van der Waals surface area contributed by atoms with Gasteiger partial charge in [0.25, 0.3) is 0 Å². The lowest BCUT2D eigenvalue weighted by molar-refractivity contribution is 0.534. The molecule has 120 valence electrons. The highest BCUT2D eigenvalue weighted by atomic mass is 32.2. The average molecular weight is 315 g/mol. The van der Waals surface area contributed by atoms with E-state index in [0.29, 0.717) is 6.42 Å². The van der Waals surface area contributed by atoms with Gasteiger partial charge in [0.05, 0.1) is 5.75 Å². The first-order valence-corrected chi connectivity index (χ1v) is 9.47. The number of hydrogen-bond donors (Lipinski definition) is 1. The summed E-state index contributed by atoms with van der Waals surface area (Å²) in [5.74, 6) is 0.308. The highest BCUT2D eigenvalue weighted by Gasteiger charge is 2.14. The fourth-order valence-electron chi connectivity index (χ4n) is 2.29. The van der Waals surface area contributed by atoms with Crippen molar-refractivity contribution in [3.8, 4) is 0 Å². The molecular weight excluding hydrogens is 289 g/mol. The molecule has 0 spiro atoms. The first-order valence-electron chi connectivity index (χ1n) is 7.65. The van der Waals surface area contributed by atoms with Gasteiger partial charge < -0.3 is 5.32 Å². The normalized spacial score (nSPS) is 13.3. The average Bonchev–Trinajstić information content (AvgIpc) is 2.46. The Balaban J connectivity index is 2.64. The number of rotatable bonds is 10. The summed E-state index contributed by atoms with van der Waals surface area (Å²) in [7, 11) is -2.93. The van der Waals surface area contributed by atoms with Crippen molar-refractivity contribution in [3.63, 3.8) is 0 Å². The SMILES string of the molecule is CCCNCC(CCCS(=O)(=O)CC)c1cccc(F)c1. The van der Waals surface area contributed by atoms with Gasteiger partial charge in [-0.25, -0.2) is 12.8 Å². The third-order valence-corrected chi connectivity index (χ3v) is 5.38. The van der Waals surface area contributed by atoms with Crippen molar-refractivity contribution < 1.29 is 12.8 Å². The largest absolute Gasteiger partial charge is 0.316 e. The Hall–Kier alpha value is -0.940. The lowest BCUT2D eigenvalue weighted by atomic mass is 9.94. The number of halogens is 1. The van der Waals surface area contributed by atoms with Crippen molar-refractivity contribution in [2.45, 2.75) is 39.0 Å². The van der Waals surface area contributed by atoms with E-state index in [1.54, 1.807) is 19.1 Å². The second kappa shape index (κ2) is 9.15. The standard InChI is InChI=1S/C16H26FNO2S/c1-3-10-18-13-15(8-6-11-21(19,20)4-2)14-7-5-9-16(17)12-14/h5,7,9,12,15,18H,3-4,6,8,10-11,13H2,1-2H3. The molecule has 0 saturated heterocycles. The van der Waals surface area contributed by atoms with Gasteiger partial charge >= 0.3 is 0 Å². The monoisotopic (exact) mass is 315 g/mol. The van der Waals surface area contributed by atoms with Crippen molar-refractivity contribution in [2.75, 3.05) is 24.6 Å². The minimum atomic E-state index is -2.93. The van der Waals surface area contributed by atoms with E-state index in [1.165, 1.54) is 6.07 Å². The molecule has 0 aliphatic heterocycles. The van der Waals surface area contributed by atoms with E-state index >= 15 is 0 Å². The van der Waals surface area contributed by atoms with Gasteiger partial charge in [-0.1, -0.05) is 26.0 Å². The lowest BCUT2D eigenvalue weighted by Gasteiger charge is -2.18. The summed E-state index contributed by atoms with van der Waals surface area (Å²) in [5, 5.41) is 3.34. The second-order valence-corrected chi connectivity index (χ2v) is 7.81. The van der Waals surface area contributed by atoms with E-state index in [9.17, 15) is 12.8 Å². The van der Waals surface area contributed by atoms with Gasteiger partial charge in [-0.3, -0.25) is 0 Å². The molecule has 0 amide bonds. The molecule has 1 aromatic rings. The predicted molar refractivity (Wildman–Crippen MR) is 85.9 cm³/mol. The molecule has 1 aromatic carbocycles. The molecule has 0 bridgehead atoms. The summed E-state index contributed by atoms with van der Waals surface area (Å²) >= 11 is 0. The minimum absolute atomic E-state index is 0.152. The zero-order valence-electron chi connectivity index (χ0n) is 12.9. The Morgan fingerprint density at radius 3 is 2.67 bits per heavy atom. The van der Waals surface area contributed by atoms with E-state index in [0.717, 1.165) is 31.5 Å². The van der Waals surface area contributed by atoms with Crippen LogP contribution in [-0.2, 0) is 9.84 Å². The molecule has 1 atom stereocenters. The van der Waals surface area contributed by atoms with Crippen LogP contribution in [0, 0.1) is 5.82 Å². The Bertz CT molecular complexity index is 517. The Morgan fingerprint density at radius 1 is 1.29 bits per heavy atom. The smallest absolute Gasteiger partial charge is 0.150 e. The molecule has 21 heavy (non-hydrogen) atoms. The van der Waals surface area contributed by atoms with Gasteiger partial charge in [0.15, 0.2) is 0 Å². The molecule has 0 aliphatic carbocycles. The summed E-state index contributed by atoms with van der Waals surface area (Å²) in [4.78, 5) is 0. The maximum atomic E-state index is 13.4. The van der Waals surface area contributed by atoms with Crippen molar-refractivity contribution in [3.05, 3.63) is 35.6 Å². The maximum Gasteiger partial charge on any atom is 0.150 e. The van der Waals surface area contributed by atoms with Crippen LogP contribution < -0.4 is 5.32 Å². The quantitative estimate of drug-likeness (QED) is 0.675. The molecule has 0 saturated carbocycles. The molecule has 0 aliphatic rings. The van der Waals surface area contributed by atoms with Gasteiger partial charge in [-0.2, -0.15) is 0 Å². The van der Waals surface area contributed by atoms with Gasteiger partial charge in [0.1, 0.15) is 15.7 Å².